The highest BCUT2D eigenvalue weighted by Gasteiger charge is 2.54. The molecule has 0 fully saturated rings. The molecule has 4 aliphatic carbocycles. The number of nitrogens with two attached hydrogens (primary N) is 1. The fourth-order valence-corrected chi connectivity index (χ4v) is 5.52. The van der Waals surface area contributed by atoms with E-state index in [0.717, 1.165) is 25.7 Å². The number of fused-ring (bicyclic) bond motifs is 4. The summed E-state index contributed by atoms with van der Waals surface area (Å²) < 4.78 is 0. The van der Waals surface area contributed by atoms with E-state index in [-0.39, 0.29) is 35.0 Å². The fourth-order valence-electron chi connectivity index (χ4n) is 5.52. The van der Waals surface area contributed by atoms with Gasteiger partial charge in [0.05, 0.1) is 12.2 Å². The van der Waals surface area contributed by atoms with Crippen LogP contribution in [-0.2, 0) is 0 Å². The van der Waals surface area contributed by atoms with Crippen LogP contribution < -0.4 is 5.73 Å². The van der Waals surface area contributed by atoms with Gasteiger partial charge in [-0.15, -0.1) is 0 Å². The van der Waals surface area contributed by atoms with Crippen molar-refractivity contribution in [2.24, 2.45) is 28.4 Å². The predicted octanol–water partition coefficient (Wildman–Crippen LogP) is 2.30. The molecular formula is C19H27NO2. The van der Waals surface area contributed by atoms with Crippen LogP contribution >= 0.6 is 0 Å². The Bertz CT molecular complexity index is 592. The lowest BCUT2D eigenvalue weighted by molar-refractivity contribution is 0.0495. The molecule has 0 saturated carbocycles. The molecule has 120 valence electrons. The second-order valence-corrected chi connectivity index (χ2v) is 8.22. The van der Waals surface area contributed by atoms with Crippen LogP contribution in [0, 0.1) is 22.7 Å². The molecule has 0 heterocycles. The van der Waals surface area contributed by atoms with Gasteiger partial charge in [-0.05, 0) is 42.6 Å². The Kier molecular flexibility index (Phi) is 3.04. The van der Waals surface area contributed by atoms with E-state index in [9.17, 15) is 10.2 Å². The normalized spacial score (nSPS) is 53.2. The predicted molar refractivity (Wildman–Crippen MR) is 87.0 cm³/mol. The smallest absolute Gasteiger partial charge is 0.0762 e. The summed E-state index contributed by atoms with van der Waals surface area (Å²) in [7, 11) is 0. The standard InChI is InChI=1S/C19H27NO2/c1-18-7-5-12(21)9-11(18)10-15(22)17-13-3-4-16(20)19(13,2)8-6-14(17)18/h3-5,7,11-13,15-16,21-22H,6,8-10,20H2,1-2H3/t11?,12-,13-,15-,16-,18-,19-/m0/s1. The van der Waals surface area contributed by atoms with Crippen molar-refractivity contribution >= 4 is 0 Å². The van der Waals surface area contributed by atoms with E-state index in [1.54, 1.807) is 0 Å². The lowest BCUT2D eigenvalue weighted by Crippen LogP contribution is -2.49. The molecule has 4 N–H and O–H groups in total. The van der Waals surface area contributed by atoms with E-state index in [1.165, 1.54) is 11.1 Å². The average molecular weight is 301 g/mol. The van der Waals surface area contributed by atoms with Crippen LogP contribution in [0.3, 0.4) is 0 Å². The van der Waals surface area contributed by atoms with Gasteiger partial charge in [-0.25, -0.2) is 0 Å². The van der Waals surface area contributed by atoms with E-state index in [0.29, 0.717) is 5.92 Å². The topological polar surface area (TPSA) is 66.5 Å². The first-order valence-corrected chi connectivity index (χ1v) is 8.59. The summed E-state index contributed by atoms with van der Waals surface area (Å²) in [5, 5.41) is 20.8. The van der Waals surface area contributed by atoms with Crippen molar-refractivity contribution < 1.29 is 10.2 Å². The Morgan fingerprint density at radius 1 is 1.14 bits per heavy atom. The molecule has 0 bridgehead atoms. The Labute approximate surface area is 132 Å². The van der Waals surface area contributed by atoms with Gasteiger partial charge in [0.1, 0.15) is 0 Å². The molecule has 3 heteroatoms. The van der Waals surface area contributed by atoms with Crippen LogP contribution in [0.25, 0.3) is 0 Å². The van der Waals surface area contributed by atoms with Gasteiger partial charge < -0.3 is 15.9 Å². The summed E-state index contributed by atoms with van der Waals surface area (Å²) in [6.45, 7) is 4.57. The molecule has 22 heavy (non-hydrogen) atoms. The van der Waals surface area contributed by atoms with Crippen molar-refractivity contribution in [3.05, 3.63) is 35.5 Å². The molecule has 0 amide bonds. The Morgan fingerprint density at radius 2 is 1.91 bits per heavy atom. The zero-order valence-corrected chi connectivity index (χ0v) is 13.5. The number of rotatable bonds is 0. The minimum Gasteiger partial charge on any atom is -0.389 e. The maximum atomic E-state index is 10.9. The molecule has 0 aromatic heterocycles. The molecule has 0 aromatic rings. The number of aliphatic hydroxyl groups excluding tert-OH is 2. The third-order valence-corrected chi connectivity index (χ3v) is 7.14. The van der Waals surface area contributed by atoms with Crippen LogP contribution in [0.4, 0.5) is 0 Å². The summed E-state index contributed by atoms with van der Waals surface area (Å²) >= 11 is 0. The highest BCUT2D eigenvalue weighted by molar-refractivity contribution is 5.43. The highest BCUT2D eigenvalue weighted by atomic mass is 16.3. The van der Waals surface area contributed by atoms with E-state index in [4.69, 9.17) is 5.73 Å². The Morgan fingerprint density at radius 3 is 2.68 bits per heavy atom. The van der Waals surface area contributed by atoms with Gasteiger partial charge in [0.25, 0.3) is 0 Å². The van der Waals surface area contributed by atoms with Crippen LogP contribution in [-0.4, -0.2) is 28.5 Å². The molecule has 3 nitrogen and oxygen atoms in total. The van der Waals surface area contributed by atoms with Crippen molar-refractivity contribution in [1.29, 1.82) is 0 Å². The lowest BCUT2D eigenvalue weighted by Gasteiger charge is -2.53. The summed E-state index contributed by atoms with van der Waals surface area (Å²) in [6.07, 6.45) is 11.4. The molecule has 0 spiro atoms. The molecule has 0 radical (unpaired) electrons. The highest BCUT2D eigenvalue weighted by Crippen LogP contribution is 2.60. The van der Waals surface area contributed by atoms with Crippen LogP contribution in [0.2, 0.25) is 0 Å². The molecule has 4 rings (SSSR count). The van der Waals surface area contributed by atoms with Gasteiger partial charge in [-0.1, -0.05) is 43.7 Å². The van der Waals surface area contributed by atoms with Crippen molar-refractivity contribution in [1.82, 2.24) is 0 Å². The zero-order valence-electron chi connectivity index (χ0n) is 13.5. The first-order valence-electron chi connectivity index (χ1n) is 8.59. The maximum Gasteiger partial charge on any atom is 0.0762 e. The Balaban J connectivity index is 1.84. The quantitative estimate of drug-likeness (QED) is 0.602. The Hall–Kier alpha value is -0.900. The first kappa shape index (κ1) is 14.7. The summed E-state index contributed by atoms with van der Waals surface area (Å²) in [6, 6.07) is 0.0907. The third kappa shape index (κ3) is 1.73. The van der Waals surface area contributed by atoms with Crippen LogP contribution in [0.5, 0.6) is 0 Å². The number of allylic oxidation sites excluding steroid dienone is 3. The van der Waals surface area contributed by atoms with Crippen molar-refractivity contribution in [2.45, 2.75) is 57.8 Å². The van der Waals surface area contributed by atoms with E-state index >= 15 is 0 Å². The van der Waals surface area contributed by atoms with E-state index in [1.807, 2.05) is 6.08 Å². The van der Waals surface area contributed by atoms with Gasteiger partial charge in [-0.2, -0.15) is 0 Å². The van der Waals surface area contributed by atoms with Gasteiger partial charge in [0.2, 0.25) is 0 Å². The summed E-state index contributed by atoms with van der Waals surface area (Å²) in [5.74, 6) is 0.615. The molecular weight excluding hydrogens is 274 g/mol. The molecule has 0 aliphatic heterocycles. The number of hydrogen-bond donors (Lipinski definition) is 3. The third-order valence-electron chi connectivity index (χ3n) is 7.14. The monoisotopic (exact) mass is 301 g/mol. The fraction of sp³-hybridized carbons (Fsp3) is 0.684. The molecule has 0 aromatic carbocycles. The first-order chi connectivity index (χ1) is 10.4. The minimum atomic E-state index is -0.383. The van der Waals surface area contributed by atoms with E-state index in [2.05, 4.69) is 32.1 Å². The molecule has 7 atom stereocenters. The SMILES string of the molecule is C[C@]12CCC3=C([C@@H](O)CC4C[C@@H](O)C=C[C@]34C)[C@@H]1C=C[C@@H]2N. The second-order valence-electron chi connectivity index (χ2n) is 8.22. The largest absolute Gasteiger partial charge is 0.389 e. The number of aliphatic hydroxyl groups is 2. The van der Waals surface area contributed by atoms with Gasteiger partial charge in [0, 0.05) is 17.4 Å². The second kappa shape index (κ2) is 4.56. The van der Waals surface area contributed by atoms with Crippen LogP contribution in [0.15, 0.2) is 35.5 Å². The van der Waals surface area contributed by atoms with Gasteiger partial charge >= 0.3 is 0 Å². The molecule has 1 unspecified atom stereocenters. The lowest BCUT2D eigenvalue weighted by atomic mass is 9.52. The zero-order chi connectivity index (χ0) is 15.7. The molecule has 0 saturated heterocycles. The van der Waals surface area contributed by atoms with Crippen molar-refractivity contribution in [2.75, 3.05) is 0 Å². The number of hydrogen-bond acceptors (Lipinski definition) is 3. The van der Waals surface area contributed by atoms with Gasteiger partial charge in [0.15, 0.2) is 0 Å². The molecule has 4 aliphatic rings. The average Bonchev–Trinajstić information content (AvgIpc) is 2.77. The minimum absolute atomic E-state index is 0.00432. The van der Waals surface area contributed by atoms with E-state index < -0.39 is 0 Å². The van der Waals surface area contributed by atoms with Gasteiger partial charge in [-0.3, -0.25) is 0 Å². The van der Waals surface area contributed by atoms with Crippen molar-refractivity contribution in [3.63, 3.8) is 0 Å². The van der Waals surface area contributed by atoms with Crippen molar-refractivity contribution in [3.8, 4) is 0 Å². The summed E-state index contributed by atoms with van der Waals surface area (Å²) in [4.78, 5) is 0. The summed E-state index contributed by atoms with van der Waals surface area (Å²) in [5.41, 5.74) is 9.04. The van der Waals surface area contributed by atoms with Crippen LogP contribution in [0.1, 0.15) is 39.5 Å². The maximum absolute atomic E-state index is 10.9.